The lowest BCUT2D eigenvalue weighted by atomic mass is 9.92. The molecule has 2 saturated carbocycles. The molecule has 0 aliphatic heterocycles. The van der Waals surface area contributed by atoms with Gasteiger partial charge < -0.3 is 4.74 Å². The van der Waals surface area contributed by atoms with Crippen LogP contribution < -0.4 is 5.56 Å². The minimum Gasteiger partial charge on any atom is -0.375 e. The number of benzene rings is 1. The standard InChI is InChI=1S/C25H27F3N2O2S/c1-30-24(31)20-19(15-7-3-4-8-15)18(13-14-6-5-9-17(12-14)25(26,27)28)33-23(20)21(29-30)22(32-2)16-10-11-16/h5-6,9,12,15-16,22H,3-4,7-8,10-11,13H2,1-2H3. The summed E-state index contributed by atoms with van der Waals surface area (Å²) in [4.78, 5) is 14.3. The molecular formula is C25H27F3N2O2S. The zero-order valence-electron chi connectivity index (χ0n) is 18.7. The average Bonchev–Trinajstić information content (AvgIpc) is 3.32. The molecule has 0 saturated heterocycles. The summed E-state index contributed by atoms with van der Waals surface area (Å²) in [6.45, 7) is 0. The van der Waals surface area contributed by atoms with Gasteiger partial charge in [0.25, 0.3) is 5.56 Å². The van der Waals surface area contributed by atoms with E-state index in [1.165, 1.54) is 28.2 Å². The molecule has 0 N–H and O–H groups in total. The summed E-state index contributed by atoms with van der Waals surface area (Å²) in [6.07, 6.45) is 2.17. The van der Waals surface area contributed by atoms with Gasteiger partial charge in [-0.2, -0.15) is 18.3 Å². The van der Waals surface area contributed by atoms with E-state index in [1.54, 1.807) is 20.2 Å². The largest absolute Gasteiger partial charge is 0.416 e. The molecule has 1 aromatic carbocycles. The van der Waals surface area contributed by atoms with E-state index in [4.69, 9.17) is 4.74 Å². The Morgan fingerprint density at radius 2 is 1.94 bits per heavy atom. The number of aromatic nitrogens is 2. The monoisotopic (exact) mass is 476 g/mol. The Morgan fingerprint density at radius 1 is 1.21 bits per heavy atom. The number of halogens is 3. The average molecular weight is 477 g/mol. The quantitative estimate of drug-likeness (QED) is 0.416. The number of hydrogen-bond donors (Lipinski definition) is 0. The Balaban J connectivity index is 1.69. The minimum absolute atomic E-state index is 0.132. The minimum atomic E-state index is -4.38. The van der Waals surface area contributed by atoms with Crippen molar-refractivity contribution in [3.8, 4) is 0 Å². The van der Waals surface area contributed by atoms with Crippen molar-refractivity contribution in [2.75, 3.05) is 7.11 Å². The maximum absolute atomic E-state index is 13.3. The smallest absolute Gasteiger partial charge is 0.375 e. The molecular weight excluding hydrogens is 449 g/mol. The van der Waals surface area contributed by atoms with Gasteiger partial charge in [-0.05, 0) is 54.7 Å². The highest BCUT2D eigenvalue weighted by Crippen LogP contribution is 2.48. The molecule has 2 fully saturated rings. The summed E-state index contributed by atoms with van der Waals surface area (Å²) < 4.78 is 48.0. The molecule has 2 aliphatic carbocycles. The van der Waals surface area contributed by atoms with E-state index in [0.717, 1.165) is 65.4 Å². The summed E-state index contributed by atoms with van der Waals surface area (Å²) in [7, 11) is 3.35. The molecule has 1 unspecified atom stereocenters. The molecule has 2 heterocycles. The predicted octanol–water partition coefficient (Wildman–Crippen LogP) is 6.36. The Kier molecular flexibility index (Phi) is 5.85. The molecule has 1 atom stereocenters. The van der Waals surface area contributed by atoms with Crippen molar-refractivity contribution in [3.63, 3.8) is 0 Å². The van der Waals surface area contributed by atoms with Gasteiger partial charge in [0.2, 0.25) is 0 Å². The van der Waals surface area contributed by atoms with E-state index < -0.39 is 11.7 Å². The number of ether oxygens (including phenoxy) is 1. The van der Waals surface area contributed by atoms with Gasteiger partial charge in [0.1, 0.15) is 11.8 Å². The fourth-order valence-electron chi connectivity index (χ4n) is 5.23. The Morgan fingerprint density at radius 3 is 2.58 bits per heavy atom. The molecule has 33 heavy (non-hydrogen) atoms. The van der Waals surface area contributed by atoms with Crippen molar-refractivity contribution in [2.45, 2.75) is 63.1 Å². The molecule has 0 spiro atoms. The first-order valence-electron chi connectivity index (χ1n) is 11.5. The highest BCUT2D eigenvalue weighted by atomic mass is 32.1. The van der Waals surface area contributed by atoms with E-state index in [2.05, 4.69) is 5.10 Å². The van der Waals surface area contributed by atoms with E-state index in [0.29, 0.717) is 23.3 Å². The van der Waals surface area contributed by atoms with Gasteiger partial charge >= 0.3 is 6.18 Å². The summed E-state index contributed by atoms with van der Waals surface area (Å²) in [6, 6.07) is 5.52. The molecule has 2 aliphatic rings. The topological polar surface area (TPSA) is 44.1 Å². The lowest BCUT2D eigenvalue weighted by Gasteiger charge is -2.16. The van der Waals surface area contributed by atoms with Crippen LogP contribution in [0.15, 0.2) is 29.1 Å². The van der Waals surface area contributed by atoms with E-state index in [-0.39, 0.29) is 17.6 Å². The van der Waals surface area contributed by atoms with Crippen LogP contribution in [0.5, 0.6) is 0 Å². The zero-order chi connectivity index (χ0) is 23.3. The lowest BCUT2D eigenvalue weighted by molar-refractivity contribution is -0.137. The number of aryl methyl sites for hydroxylation is 1. The van der Waals surface area contributed by atoms with Crippen molar-refractivity contribution in [2.24, 2.45) is 13.0 Å². The van der Waals surface area contributed by atoms with Gasteiger partial charge in [-0.15, -0.1) is 11.3 Å². The normalized spacial score (nSPS) is 18.3. The van der Waals surface area contributed by atoms with Gasteiger partial charge in [0.05, 0.1) is 15.6 Å². The fourth-order valence-corrected chi connectivity index (χ4v) is 6.66. The molecule has 0 radical (unpaired) electrons. The number of methoxy groups -OCH3 is 1. The van der Waals surface area contributed by atoms with Crippen LogP contribution in [0.1, 0.15) is 77.8 Å². The molecule has 2 aromatic heterocycles. The second-order valence-corrected chi connectivity index (χ2v) is 10.4. The number of nitrogens with zero attached hydrogens (tertiary/aromatic N) is 2. The second kappa shape index (κ2) is 8.55. The zero-order valence-corrected chi connectivity index (χ0v) is 19.6. The maximum atomic E-state index is 13.3. The van der Waals surface area contributed by atoms with Crippen LogP contribution in [0.25, 0.3) is 10.1 Å². The van der Waals surface area contributed by atoms with Gasteiger partial charge in [0, 0.05) is 25.5 Å². The van der Waals surface area contributed by atoms with Crippen LogP contribution in [0.3, 0.4) is 0 Å². The predicted molar refractivity (Wildman–Crippen MR) is 123 cm³/mol. The third-order valence-electron chi connectivity index (χ3n) is 6.98. The van der Waals surface area contributed by atoms with Gasteiger partial charge in [-0.1, -0.05) is 31.0 Å². The van der Waals surface area contributed by atoms with Gasteiger partial charge in [-0.3, -0.25) is 4.79 Å². The van der Waals surface area contributed by atoms with Crippen LogP contribution in [0.2, 0.25) is 0 Å². The van der Waals surface area contributed by atoms with Gasteiger partial charge in [-0.25, -0.2) is 4.68 Å². The summed E-state index contributed by atoms with van der Waals surface area (Å²) >= 11 is 1.52. The lowest BCUT2D eigenvalue weighted by Crippen LogP contribution is -2.23. The van der Waals surface area contributed by atoms with Crippen molar-refractivity contribution in [1.82, 2.24) is 9.78 Å². The first-order chi connectivity index (χ1) is 15.8. The molecule has 3 aromatic rings. The van der Waals surface area contributed by atoms with Crippen molar-refractivity contribution in [3.05, 3.63) is 61.9 Å². The highest BCUT2D eigenvalue weighted by Gasteiger charge is 2.37. The van der Waals surface area contributed by atoms with Crippen molar-refractivity contribution < 1.29 is 17.9 Å². The van der Waals surface area contributed by atoms with Crippen LogP contribution in [0, 0.1) is 5.92 Å². The van der Waals surface area contributed by atoms with Crippen molar-refractivity contribution >= 4 is 21.4 Å². The van der Waals surface area contributed by atoms with E-state index in [1.807, 2.05) is 0 Å². The summed E-state index contributed by atoms with van der Waals surface area (Å²) in [5.74, 6) is 0.650. The molecule has 176 valence electrons. The van der Waals surface area contributed by atoms with Crippen LogP contribution >= 0.6 is 11.3 Å². The molecule has 5 rings (SSSR count). The van der Waals surface area contributed by atoms with E-state index >= 15 is 0 Å². The van der Waals surface area contributed by atoms with E-state index in [9.17, 15) is 18.0 Å². The Hall–Kier alpha value is -2.19. The Labute approximate surface area is 194 Å². The Bertz CT molecular complexity index is 1240. The first-order valence-corrected chi connectivity index (χ1v) is 12.3. The summed E-state index contributed by atoms with van der Waals surface area (Å²) in [5, 5.41) is 5.31. The molecule has 4 nitrogen and oxygen atoms in total. The SMILES string of the molecule is COC(c1nn(C)c(=O)c2c(C3CCCC3)c(Cc3cccc(C(F)(F)F)c3)sc12)C1CC1. The van der Waals surface area contributed by atoms with Gasteiger partial charge in [0.15, 0.2) is 0 Å². The highest BCUT2D eigenvalue weighted by molar-refractivity contribution is 7.19. The maximum Gasteiger partial charge on any atom is 0.416 e. The van der Waals surface area contributed by atoms with Crippen molar-refractivity contribution in [1.29, 1.82) is 0 Å². The van der Waals surface area contributed by atoms with Crippen LogP contribution in [-0.2, 0) is 24.4 Å². The number of thiophene rings is 1. The summed E-state index contributed by atoms with van der Waals surface area (Å²) in [5.41, 5.74) is 1.65. The molecule has 0 bridgehead atoms. The second-order valence-electron chi connectivity index (χ2n) is 9.31. The number of rotatable bonds is 6. The number of hydrogen-bond acceptors (Lipinski definition) is 4. The molecule has 8 heteroatoms. The van der Waals surface area contributed by atoms with Crippen LogP contribution in [-0.4, -0.2) is 16.9 Å². The first kappa shape index (κ1) is 22.6. The third kappa shape index (κ3) is 4.23. The third-order valence-corrected chi connectivity index (χ3v) is 8.20. The van der Waals surface area contributed by atoms with Crippen LogP contribution in [0.4, 0.5) is 13.2 Å². The number of alkyl halides is 3. The molecule has 0 amide bonds. The fraction of sp³-hybridized carbons (Fsp3) is 0.520. The number of fused-ring (bicyclic) bond motifs is 1.